The molecule has 210 valence electrons. The SMILES string of the molecule is NC12CC3CC(C1)CC([C@H](NC(=O)c1ccc4ccccc4c1OCc1ccc(C(F)(F)F)cc1)C(=O)O)(C3)C2. The summed E-state index contributed by atoms with van der Waals surface area (Å²) in [7, 11) is 0. The molecule has 4 aliphatic rings. The van der Waals surface area contributed by atoms with Crippen molar-refractivity contribution in [3.63, 3.8) is 0 Å². The molecule has 40 heavy (non-hydrogen) atoms. The van der Waals surface area contributed by atoms with Crippen LogP contribution in [0.2, 0.25) is 0 Å². The van der Waals surface area contributed by atoms with Gasteiger partial charge in [0.1, 0.15) is 18.4 Å². The predicted octanol–water partition coefficient (Wildman–Crippen LogP) is 5.92. The van der Waals surface area contributed by atoms with Gasteiger partial charge in [-0.2, -0.15) is 13.2 Å². The van der Waals surface area contributed by atoms with Crippen LogP contribution in [0.3, 0.4) is 0 Å². The third-order valence-corrected chi connectivity index (χ3v) is 9.08. The molecule has 9 heteroatoms. The Balaban J connectivity index is 1.29. The standard InChI is InChI=1S/C31H31F3N2O4/c32-31(33,34)22-8-5-18(6-9-22)16-40-25-23-4-2-1-3-21(23)7-10-24(25)27(37)36-26(28(38)39)29-12-19-11-20(13-29)15-30(35,14-19)17-29/h1-10,19-20,26H,11-17,35H2,(H,36,37)(H,38,39)/t19?,20?,26-,29?,30?/m1/s1. The highest BCUT2D eigenvalue weighted by atomic mass is 19.4. The summed E-state index contributed by atoms with van der Waals surface area (Å²) in [5.41, 5.74) is 5.63. The monoisotopic (exact) mass is 552 g/mol. The zero-order chi connectivity index (χ0) is 28.3. The van der Waals surface area contributed by atoms with Crippen LogP contribution in [0.4, 0.5) is 13.2 Å². The molecule has 4 fully saturated rings. The molecule has 0 aliphatic heterocycles. The fourth-order valence-electron chi connectivity index (χ4n) is 7.95. The van der Waals surface area contributed by atoms with Gasteiger partial charge in [0, 0.05) is 16.3 Å². The molecule has 6 nitrogen and oxygen atoms in total. The number of carboxylic acid groups (broad SMARTS) is 1. The van der Waals surface area contributed by atoms with Gasteiger partial charge < -0.3 is 20.9 Å². The van der Waals surface area contributed by atoms with Gasteiger partial charge in [-0.3, -0.25) is 4.79 Å². The molecule has 0 radical (unpaired) electrons. The fourth-order valence-corrected chi connectivity index (χ4v) is 7.95. The Morgan fingerprint density at radius 1 is 1.00 bits per heavy atom. The van der Waals surface area contributed by atoms with Crippen molar-refractivity contribution in [2.45, 2.75) is 62.9 Å². The molecule has 0 heterocycles. The van der Waals surface area contributed by atoms with Crippen LogP contribution in [-0.4, -0.2) is 28.6 Å². The van der Waals surface area contributed by atoms with Gasteiger partial charge in [0.2, 0.25) is 0 Å². The minimum Gasteiger partial charge on any atom is -0.487 e. The summed E-state index contributed by atoms with van der Waals surface area (Å²) in [5, 5.41) is 14.6. The van der Waals surface area contributed by atoms with Gasteiger partial charge in [0.25, 0.3) is 5.91 Å². The number of nitrogens with one attached hydrogen (secondary N) is 1. The minimum absolute atomic E-state index is 0.0717. The van der Waals surface area contributed by atoms with Crippen molar-refractivity contribution in [2.75, 3.05) is 0 Å². The molecule has 4 aliphatic carbocycles. The first-order valence-corrected chi connectivity index (χ1v) is 13.6. The topological polar surface area (TPSA) is 102 Å². The highest BCUT2D eigenvalue weighted by Crippen LogP contribution is 2.62. The van der Waals surface area contributed by atoms with Gasteiger partial charge in [-0.25, -0.2) is 4.79 Å². The van der Waals surface area contributed by atoms with Crippen LogP contribution in [0.1, 0.15) is 60.0 Å². The summed E-state index contributed by atoms with van der Waals surface area (Å²) in [4.78, 5) is 26.4. The average Bonchev–Trinajstić information content (AvgIpc) is 2.88. The molecule has 3 atom stereocenters. The number of amides is 1. The molecule has 1 amide bonds. The lowest BCUT2D eigenvalue weighted by molar-refractivity contribution is -0.152. The number of benzene rings is 3. The summed E-state index contributed by atoms with van der Waals surface area (Å²) < 4.78 is 45.0. The van der Waals surface area contributed by atoms with Crippen LogP contribution in [0.25, 0.3) is 10.8 Å². The number of hydrogen-bond acceptors (Lipinski definition) is 4. The average molecular weight is 553 g/mol. The van der Waals surface area contributed by atoms with Crippen LogP contribution in [0.15, 0.2) is 60.7 Å². The van der Waals surface area contributed by atoms with E-state index in [9.17, 15) is 27.9 Å². The van der Waals surface area contributed by atoms with Crippen molar-refractivity contribution in [1.82, 2.24) is 5.32 Å². The van der Waals surface area contributed by atoms with Crippen molar-refractivity contribution in [1.29, 1.82) is 0 Å². The fraction of sp³-hybridized carbons (Fsp3) is 0.419. The molecule has 4 N–H and O–H groups in total. The predicted molar refractivity (Wildman–Crippen MR) is 143 cm³/mol. The molecule has 0 saturated heterocycles. The number of alkyl halides is 3. The second kappa shape index (κ2) is 9.51. The van der Waals surface area contributed by atoms with Gasteiger partial charge in [-0.05, 0) is 79.5 Å². The zero-order valence-corrected chi connectivity index (χ0v) is 21.8. The van der Waals surface area contributed by atoms with Crippen molar-refractivity contribution in [3.05, 3.63) is 77.4 Å². The summed E-state index contributed by atoms with van der Waals surface area (Å²) in [6.07, 6.45) is 0.452. The van der Waals surface area contributed by atoms with E-state index in [1.165, 1.54) is 12.1 Å². The minimum atomic E-state index is -4.44. The second-order valence-electron chi connectivity index (χ2n) is 12.1. The number of rotatable bonds is 7. The van der Waals surface area contributed by atoms with E-state index in [0.29, 0.717) is 29.2 Å². The summed E-state index contributed by atoms with van der Waals surface area (Å²) in [6.45, 7) is -0.0717. The van der Waals surface area contributed by atoms with Crippen LogP contribution in [0.5, 0.6) is 5.75 Å². The highest BCUT2D eigenvalue weighted by molar-refractivity contribution is 6.05. The Kier molecular flexibility index (Phi) is 6.33. The lowest BCUT2D eigenvalue weighted by Gasteiger charge is -2.62. The number of carbonyl (C=O) groups is 2. The molecule has 4 saturated carbocycles. The molecule has 3 aromatic carbocycles. The molecule has 2 unspecified atom stereocenters. The number of hydrogen-bond donors (Lipinski definition) is 3. The largest absolute Gasteiger partial charge is 0.487 e. The van der Waals surface area contributed by atoms with E-state index in [4.69, 9.17) is 10.5 Å². The summed E-state index contributed by atoms with van der Waals surface area (Å²) in [5.74, 6) is -0.656. The third kappa shape index (κ3) is 4.80. The quantitative estimate of drug-likeness (QED) is 0.338. The van der Waals surface area contributed by atoms with Crippen molar-refractivity contribution >= 4 is 22.6 Å². The Bertz CT molecular complexity index is 1460. The van der Waals surface area contributed by atoms with Crippen molar-refractivity contribution in [2.24, 2.45) is 23.0 Å². The number of nitrogens with two attached hydrogens (primary N) is 1. The van der Waals surface area contributed by atoms with Gasteiger partial charge in [0.05, 0.1) is 11.1 Å². The Hall–Kier alpha value is -3.59. The van der Waals surface area contributed by atoms with E-state index < -0.39 is 35.1 Å². The third-order valence-electron chi connectivity index (χ3n) is 9.08. The molecule has 3 aromatic rings. The Morgan fingerprint density at radius 3 is 2.30 bits per heavy atom. The summed E-state index contributed by atoms with van der Waals surface area (Å²) in [6, 6.07) is 14.2. The number of fused-ring (bicyclic) bond motifs is 1. The Morgan fingerprint density at radius 2 is 1.68 bits per heavy atom. The van der Waals surface area contributed by atoms with Crippen molar-refractivity contribution < 1.29 is 32.6 Å². The normalized spacial score (nSPS) is 27.9. The van der Waals surface area contributed by atoms with Crippen molar-refractivity contribution in [3.8, 4) is 5.75 Å². The van der Waals surface area contributed by atoms with Gasteiger partial charge in [-0.1, -0.05) is 42.5 Å². The summed E-state index contributed by atoms with van der Waals surface area (Å²) >= 11 is 0. The number of aliphatic carboxylic acids is 1. The number of carbonyl (C=O) groups excluding carboxylic acids is 1. The maximum absolute atomic E-state index is 13.8. The number of halogens is 3. The van der Waals surface area contributed by atoms with Crippen LogP contribution < -0.4 is 15.8 Å². The second-order valence-corrected chi connectivity index (χ2v) is 12.1. The molecule has 0 aromatic heterocycles. The smallest absolute Gasteiger partial charge is 0.416 e. The highest BCUT2D eigenvalue weighted by Gasteiger charge is 2.60. The van der Waals surface area contributed by atoms with E-state index in [-0.39, 0.29) is 23.5 Å². The number of carboxylic acids is 1. The van der Waals surface area contributed by atoms with Gasteiger partial charge in [0.15, 0.2) is 0 Å². The molecule has 0 spiro atoms. The van der Waals surface area contributed by atoms with Gasteiger partial charge >= 0.3 is 12.1 Å². The zero-order valence-electron chi connectivity index (χ0n) is 21.8. The molecular weight excluding hydrogens is 521 g/mol. The lowest BCUT2D eigenvalue weighted by Crippen LogP contribution is -2.66. The van der Waals surface area contributed by atoms with Crippen LogP contribution in [0, 0.1) is 17.3 Å². The molecule has 7 rings (SSSR count). The first-order chi connectivity index (χ1) is 18.9. The van der Waals surface area contributed by atoms with E-state index in [1.807, 2.05) is 12.1 Å². The van der Waals surface area contributed by atoms with E-state index in [0.717, 1.165) is 49.6 Å². The molecule has 4 bridgehead atoms. The Labute approximate surface area is 229 Å². The maximum atomic E-state index is 13.8. The molecular formula is C31H31F3N2O4. The lowest BCUT2D eigenvalue weighted by atomic mass is 9.45. The first-order valence-electron chi connectivity index (χ1n) is 13.6. The van der Waals surface area contributed by atoms with Crippen LogP contribution >= 0.6 is 0 Å². The number of ether oxygens (including phenoxy) is 1. The maximum Gasteiger partial charge on any atom is 0.416 e. The van der Waals surface area contributed by atoms with Gasteiger partial charge in [-0.15, -0.1) is 0 Å². The van der Waals surface area contributed by atoms with E-state index in [2.05, 4.69) is 5.32 Å². The van der Waals surface area contributed by atoms with E-state index >= 15 is 0 Å². The van der Waals surface area contributed by atoms with Crippen LogP contribution in [-0.2, 0) is 17.6 Å². The first kappa shape index (κ1) is 26.6. The van der Waals surface area contributed by atoms with E-state index in [1.54, 1.807) is 24.3 Å².